The monoisotopic (exact) mass is 246 g/mol. The molecule has 5 heteroatoms. The van der Waals surface area contributed by atoms with Crippen LogP contribution in [0.3, 0.4) is 0 Å². The lowest BCUT2D eigenvalue weighted by atomic mass is 10.2. The van der Waals surface area contributed by atoms with Crippen molar-refractivity contribution < 1.29 is 13.2 Å². The first-order valence-corrected chi connectivity index (χ1v) is 6.78. The molecule has 0 aromatic heterocycles. The number of thiol groups is 1. The lowest BCUT2D eigenvalue weighted by Gasteiger charge is -2.09. The minimum atomic E-state index is -3.28. The summed E-state index contributed by atoms with van der Waals surface area (Å²) in [5, 5.41) is 0. The molecule has 0 amide bonds. The molecule has 0 N–H and O–H groups in total. The Bertz CT molecular complexity index is 438. The standard InChI is InChI=1S/C10H14O3S2/c1-8-3-4-9(13-2)10(7-8)15(11,12)6-5-14/h3-4,7,14H,5-6H2,1-2H3. The molecule has 0 radical (unpaired) electrons. The van der Waals surface area contributed by atoms with Crippen LogP contribution in [0.2, 0.25) is 0 Å². The molecule has 1 rings (SSSR count). The quantitative estimate of drug-likeness (QED) is 0.822. The molecule has 0 fully saturated rings. The van der Waals surface area contributed by atoms with E-state index < -0.39 is 9.84 Å². The van der Waals surface area contributed by atoms with Gasteiger partial charge < -0.3 is 4.74 Å². The molecular formula is C10H14O3S2. The van der Waals surface area contributed by atoms with Crippen molar-refractivity contribution >= 4 is 22.5 Å². The van der Waals surface area contributed by atoms with Gasteiger partial charge in [-0.05, 0) is 24.6 Å². The maximum Gasteiger partial charge on any atom is 0.182 e. The Labute approximate surface area is 95.8 Å². The molecule has 0 saturated carbocycles. The van der Waals surface area contributed by atoms with Gasteiger partial charge in [0.15, 0.2) is 9.84 Å². The molecule has 0 unspecified atom stereocenters. The van der Waals surface area contributed by atoms with Gasteiger partial charge in [-0.3, -0.25) is 0 Å². The van der Waals surface area contributed by atoms with Crippen molar-refractivity contribution in [3.63, 3.8) is 0 Å². The Kier molecular flexibility index (Phi) is 4.04. The summed E-state index contributed by atoms with van der Waals surface area (Å²) in [5.74, 6) is 0.720. The van der Waals surface area contributed by atoms with Crippen LogP contribution in [0.15, 0.2) is 23.1 Å². The van der Waals surface area contributed by atoms with Crippen molar-refractivity contribution in [3.8, 4) is 5.75 Å². The highest BCUT2D eigenvalue weighted by Crippen LogP contribution is 2.25. The van der Waals surface area contributed by atoms with Gasteiger partial charge in [0.25, 0.3) is 0 Å². The lowest BCUT2D eigenvalue weighted by molar-refractivity contribution is 0.402. The fourth-order valence-corrected chi connectivity index (χ4v) is 3.26. The molecule has 3 nitrogen and oxygen atoms in total. The van der Waals surface area contributed by atoms with Gasteiger partial charge in [0.1, 0.15) is 10.6 Å². The molecule has 0 aliphatic rings. The Hall–Kier alpha value is -0.680. The van der Waals surface area contributed by atoms with Crippen molar-refractivity contribution in [1.29, 1.82) is 0 Å². The first-order chi connectivity index (χ1) is 7.01. The first kappa shape index (κ1) is 12.4. The van der Waals surface area contributed by atoms with E-state index in [1.807, 2.05) is 13.0 Å². The molecule has 0 saturated heterocycles. The molecule has 84 valence electrons. The van der Waals surface area contributed by atoms with Crippen molar-refractivity contribution in [2.75, 3.05) is 18.6 Å². The third-order valence-corrected chi connectivity index (χ3v) is 4.27. The number of hydrogen-bond acceptors (Lipinski definition) is 4. The van der Waals surface area contributed by atoms with Gasteiger partial charge in [-0.25, -0.2) is 8.42 Å². The van der Waals surface area contributed by atoms with Crippen LogP contribution >= 0.6 is 12.6 Å². The van der Waals surface area contributed by atoms with E-state index in [0.717, 1.165) is 5.56 Å². The van der Waals surface area contributed by atoms with Gasteiger partial charge in [0.05, 0.1) is 12.9 Å². The van der Waals surface area contributed by atoms with E-state index in [9.17, 15) is 8.42 Å². The molecule has 0 atom stereocenters. The zero-order chi connectivity index (χ0) is 11.5. The Morgan fingerprint density at radius 3 is 2.60 bits per heavy atom. The van der Waals surface area contributed by atoms with E-state index >= 15 is 0 Å². The van der Waals surface area contributed by atoms with Gasteiger partial charge in [-0.1, -0.05) is 6.07 Å². The number of hydrogen-bond donors (Lipinski definition) is 1. The number of benzene rings is 1. The number of rotatable bonds is 4. The summed E-state index contributed by atoms with van der Waals surface area (Å²) in [5.41, 5.74) is 0.897. The topological polar surface area (TPSA) is 43.4 Å². The molecule has 1 aromatic carbocycles. The van der Waals surface area contributed by atoms with Crippen molar-refractivity contribution in [1.82, 2.24) is 0 Å². The van der Waals surface area contributed by atoms with E-state index in [1.165, 1.54) is 7.11 Å². The van der Waals surface area contributed by atoms with Crippen LogP contribution in [0.4, 0.5) is 0 Å². The molecular weight excluding hydrogens is 232 g/mol. The molecule has 1 aromatic rings. The minimum absolute atomic E-state index is 0.0237. The van der Waals surface area contributed by atoms with Crippen LogP contribution < -0.4 is 4.74 Å². The van der Waals surface area contributed by atoms with Gasteiger partial charge >= 0.3 is 0 Å². The number of methoxy groups -OCH3 is 1. The van der Waals surface area contributed by atoms with Crippen molar-refractivity contribution in [2.24, 2.45) is 0 Å². The van der Waals surface area contributed by atoms with Gasteiger partial charge in [0, 0.05) is 5.75 Å². The molecule has 0 spiro atoms. The van der Waals surface area contributed by atoms with Crippen molar-refractivity contribution in [3.05, 3.63) is 23.8 Å². The highest BCUT2D eigenvalue weighted by atomic mass is 32.2. The summed E-state index contributed by atoms with van der Waals surface area (Å²) in [6.07, 6.45) is 0. The SMILES string of the molecule is COc1ccc(C)cc1S(=O)(=O)CCS. The maximum atomic E-state index is 11.8. The number of ether oxygens (including phenoxy) is 1. The molecule has 0 bridgehead atoms. The molecule has 15 heavy (non-hydrogen) atoms. The zero-order valence-electron chi connectivity index (χ0n) is 8.73. The van der Waals surface area contributed by atoms with Crippen molar-refractivity contribution in [2.45, 2.75) is 11.8 Å². The summed E-state index contributed by atoms with van der Waals surface area (Å²) in [6, 6.07) is 5.11. The largest absolute Gasteiger partial charge is 0.495 e. The zero-order valence-corrected chi connectivity index (χ0v) is 10.4. The summed E-state index contributed by atoms with van der Waals surface area (Å²) in [6.45, 7) is 1.85. The Balaban J connectivity index is 3.28. The predicted octanol–water partition coefficient (Wildman–Crippen LogP) is 1.71. The fourth-order valence-electron chi connectivity index (χ4n) is 1.26. The normalized spacial score (nSPS) is 11.4. The van der Waals surface area contributed by atoms with Crippen LogP contribution in [0.5, 0.6) is 5.75 Å². The predicted molar refractivity (Wildman–Crippen MR) is 63.6 cm³/mol. The summed E-state index contributed by atoms with van der Waals surface area (Å²) < 4.78 is 28.7. The minimum Gasteiger partial charge on any atom is -0.495 e. The van der Waals surface area contributed by atoms with Crippen LogP contribution in [-0.2, 0) is 9.84 Å². The second-order valence-electron chi connectivity index (χ2n) is 3.20. The number of aryl methyl sites for hydroxylation is 1. The average molecular weight is 246 g/mol. The van der Waals surface area contributed by atoms with Crippen LogP contribution in [0.25, 0.3) is 0 Å². The van der Waals surface area contributed by atoms with Gasteiger partial charge in [0.2, 0.25) is 0 Å². The van der Waals surface area contributed by atoms with Gasteiger partial charge in [-0.2, -0.15) is 12.6 Å². The highest BCUT2D eigenvalue weighted by Gasteiger charge is 2.18. The lowest BCUT2D eigenvalue weighted by Crippen LogP contribution is -2.09. The Morgan fingerprint density at radius 1 is 1.40 bits per heavy atom. The van der Waals surface area contributed by atoms with E-state index in [2.05, 4.69) is 12.6 Å². The average Bonchev–Trinajstić information content (AvgIpc) is 2.17. The summed E-state index contributed by atoms with van der Waals surface area (Å²) in [7, 11) is -1.81. The first-order valence-electron chi connectivity index (χ1n) is 4.49. The second-order valence-corrected chi connectivity index (χ2v) is 5.72. The Morgan fingerprint density at radius 2 is 2.07 bits per heavy atom. The molecule has 0 heterocycles. The van der Waals surface area contributed by atoms with E-state index in [1.54, 1.807) is 12.1 Å². The van der Waals surface area contributed by atoms with Crippen LogP contribution in [0, 0.1) is 6.92 Å². The maximum absolute atomic E-state index is 11.8. The third kappa shape index (κ3) is 2.89. The highest BCUT2D eigenvalue weighted by molar-refractivity contribution is 7.92. The molecule has 0 aliphatic carbocycles. The van der Waals surface area contributed by atoms with E-state index in [0.29, 0.717) is 11.5 Å². The van der Waals surface area contributed by atoms with Crippen LogP contribution in [-0.4, -0.2) is 27.0 Å². The van der Waals surface area contributed by atoms with Gasteiger partial charge in [-0.15, -0.1) is 0 Å². The van der Waals surface area contributed by atoms with E-state index in [4.69, 9.17) is 4.74 Å². The third-order valence-electron chi connectivity index (χ3n) is 2.01. The summed E-state index contributed by atoms with van der Waals surface area (Å²) >= 11 is 3.93. The summed E-state index contributed by atoms with van der Waals surface area (Å²) in [4.78, 5) is 0.249. The fraction of sp³-hybridized carbons (Fsp3) is 0.400. The molecule has 0 aliphatic heterocycles. The smallest absolute Gasteiger partial charge is 0.182 e. The van der Waals surface area contributed by atoms with Crippen LogP contribution in [0.1, 0.15) is 5.56 Å². The van der Waals surface area contributed by atoms with E-state index in [-0.39, 0.29) is 10.6 Å². The second kappa shape index (κ2) is 4.90. The number of sulfone groups is 1.